The third-order valence-electron chi connectivity index (χ3n) is 5.68. The Hall–Kier alpha value is -3.13. The molecular weight excluding hydrogens is 392 g/mol. The summed E-state index contributed by atoms with van der Waals surface area (Å²) < 4.78 is 7.21. The fourth-order valence-corrected chi connectivity index (χ4v) is 4.33. The van der Waals surface area contributed by atoms with Gasteiger partial charge in [0.05, 0.1) is 28.9 Å². The highest BCUT2D eigenvalue weighted by Gasteiger charge is 2.40. The topological polar surface area (TPSA) is 92.3 Å². The van der Waals surface area contributed by atoms with Gasteiger partial charge >= 0.3 is 0 Å². The Morgan fingerprint density at radius 3 is 2.97 bits per heavy atom. The highest BCUT2D eigenvalue weighted by Crippen LogP contribution is 2.42. The fourth-order valence-electron chi connectivity index (χ4n) is 4.12. The molecule has 1 N–H and O–H groups in total. The second kappa shape index (κ2) is 6.18. The van der Waals surface area contributed by atoms with E-state index in [0.717, 1.165) is 35.4 Å². The molecule has 6 rings (SSSR count). The molecule has 1 unspecified atom stereocenters. The Morgan fingerprint density at radius 1 is 1.24 bits per heavy atom. The maximum absolute atomic E-state index is 13.5. The first kappa shape index (κ1) is 16.8. The summed E-state index contributed by atoms with van der Waals surface area (Å²) in [4.78, 5) is 27.3. The number of carbonyl (C=O) groups is 1. The second-order valence-corrected chi connectivity index (χ2v) is 7.90. The first-order valence-electron chi connectivity index (χ1n) is 9.61. The predicted molar refractivity (Wildman–Crippen MR) is 104 cm³/mol. The number of nitrogens with one attached hydrogen (secondary N) is 1. The monoisotopic (exact) mass is 408 g/mol. The van der Waals surface area contributed by atoms with Gasteiger partial charge < -0.3 is 14.3 Å². The standard InChI is InChI=1S/C20H17ClN6O2/c21-15-3-1-2-12-8-14(25-27(12)15)18-17-13(22-9-23-17)6-7-26(18)20(28)19-16(11-4-5-11)24-10-29-19/h1-3,8-11,18H,4-7H2,(H,22,23). The molecule has 146 valence electrons. The number of hydrogen-bond acceptors (Lipinski definition) is 5. The highest BCUT2D eigenvalue weighted by molar-refractivity contribution is 6.29. The van der Waals surface area contributed by atoms with Crippen LogP contribution in [0.4, 0.5) is 0 Å². The summed E-state index contributed by atoms with van der Waals surface area (Å²) in [6, 6.07) is 7.12. The molecule has 0 bridgehead atoms. The van der Waals surface area contributed by atoms with Gasteiger partial charge in [-0.2, -0.15) is 5.10 Å². The van der Waals surface area contributed by atoms with Crippen LogP contribution in [0.25, 0.3) is 5.52 Å². The van der Waals surface area contributed by atoms with Crippen molar-refractivity contribution < 1.29 is 9.21 Å². The van der Waals surface area contributed by atoms with Crippen LogP contribution >= 0.6 is 11.6 Å². The number of oxazole rings is 1. The molecule has 1 aliphatic carbocycles. The minimum atomic E-state index is -0.425. The number of pyridine rings is 1. The minimum Gasteiger partial charge on any atom is -0.438 e. The number of rotatable bonds is 3. The largest absolute Gasteiger partial charge is 0.438 e. The van der Waals surface area contributed by atoms with E-state index in [2.05, 4.69) is 20.1 Å². The summed E-state index contributed by atoms with van der Waals surface area (Å²) in [6.45, 7) is 0.533. The summed E-state index contributed by atoms with van der Waals surface area (Å²) in [5.74, 6) is 0.482. The number of amides is 1. The molecule has 4 aromatic heterocycles. The molecule has 5 heterocycles. The lowest BCUT2D eigenvalue weighted by Crippen LogP contribution is -2.41. The van der Waals surface area contributed by atoms with Crippen LogP contribution in [0.15, 0.2) is 41.4 Å². The Balaban J connectivity index is 1.47. The Kier molecular flexibility index (Phi) is 3.58. The van der Waals surface area contributed by atoms with Gasteiger partial charge in [-0.05, 0) is 31.0 Å². The van der Waals surface area contributed by atoms with E-state index in [-0.39, 0.29) is 5.91 Å². The number of fused-ring (bicyclic) bond motifs is 2. The van der Waals surface area contributed by atoms with Crippen molar-refractivity contribution >= 4 is 23.0 Å². The zero-order chi connectivity index (χ0) is 19.5. The van der Waals surface area contributed by atoms with Crippen LogP contribution in [0.2, 0.25) is 5.15 Å². The maximum atomic E-state index is 13.5. The van der Waals surface area contributed by atoms with Crippen LogP contribution in [0, 0.1) is 0 Å². The van der Waals surface area contributed by atoms with Gasteiger partial charge in [0.1, 0.15) is 11.2 Å². The molecule has 0 spiro atoms. The second-order valence-electron chi connectivity index (χ2n) is 7.51. The SMILES string of the molecule is O=C(c1ocnc1C1CC1)N1CCc2[nH]cnc2C1c1cc2cccc(Cl)n2n1. The van der Waals surface area contributed by atoms with Crippen molar-refractivity contribution in [2.24, 2.45) is 0 Å². The number of imidazole rings is 1. The lowest BCUT2D eigenvalue weighted by molar-refractivity contribution is 0.0652. The molecule has 4 aromatic rings. The molecule has 1 fully saturated rings. The van der Waals surface area contributed by atoms with Gasteiger partial charge in [-0.3, -0.25) is 4.79 Å². The lowest BCUT2D eigenvalue weighted by Gasteiger charge is -2.33. The van der Waals surface area contributed by atoms with Crippen molar-refractivity contribution in [1.82, 2.24) is 29.5 Å². The van der Waals surface area contributed by atoms with Crippen molar-refractivity contribution in [3.63, 3.8) is 0 Å². The third kappa shape index (κ3) is 2.59. The number of H-pyrrole nitrogens is 1. The zero-order valence-electron chi connectivity index (χ0n) is 15.4. The van der Waals surface area contributed by atoms with Crippen LogP contribution in [0.5, 0.6) is 0 Å². The van der Waals surface area contributed by atoms with Gasteiger partial charge in [0.25, 0.3) is 5.91 Å². The molecule has 2 aliphatic rings. The van der Waals surface area contributed by atoms with Crippen molar-refractivity contribution in [3.8, 4) is 0 Å². The predicted octanol–water partition coefficient (Wildman–Crippen LogP) is 3.36. The van der Waals surface area contributed by atoms with Crippen molar-refractivity contribution in [2.75, 3.05) is 6.54 Å². The number of carbonyl (C=O) groups excluding carboxylic acids is 1. The first-order valence-corrected chi connectivity index (χ1v) is 9.99. The van der Waals surface area contributed by atoms with Crippen molar-refractivity contribution in [1.29, 1.82) is 0 Å². The van der Waals surface area contributed by atoms with Gasteiger partial charge in [-0.15, -0.1) is 0 Å². The van der Waals surface area contributed by atoms with E-state index < -0.39 is 6.04 Å². The zero-order valence-corrected chi connectivity index (χ0v) is 16.1. The van der Waals surface area contributed by atoms with Crippen LogP contribution < -0.4 is 0 Å². The van der Waals surface area contributed by atoms with Gasteiger partial charge in [0.2, 0.25) is 5.76 Å². The summed E-state index contributed by atoms with van der Waals surface area (Å²) in [6.07, 6.45) is 5.82. The quantitative estimate of drug-likeness (QED) is 0.525. The van der Waals surface area contributed by atoms with Crippen LogP contribution in [-0.2, 0) is 6.42 Å². The van der Waals surface area contributed by atoms with Crippen LogP contribution in [-0.4, -0.2) is 41.9 Å². The maximum Gasteiger partial charge on any atom is 0.292 e. The molecule has 29 heavy (non-hydrogen) atoms. The van der Waals surface area contributed by atoms with E-state index in [1.54, 1.807) is 21.8 Å². The van der Waals surface area contributed by atoms with Crippen molar-refractivity contribution in [2.45, 2.75) is 31.2 Å². The van der Waals surface area contributed by atoms with E-state index in [9.17, 15) is 4.79 Å². The summed E-state index contributed by atoms with van der Waals surface area (Å²) >= 11 is 6.31. The number of hydrogen-bond donors (Lipinski definition) is 1. The van der Waals surface area contributed by atoms with E-state index in [0.29, 0.717) is 35.5 Å². The molecule has 1 saturated carbocycles. The van der Waals surface area contributed by atoms with E-state index in [4.69, 9.17) is 16.0 Å². The molecule has 9 heteroatoms. The van der Waals surface area contributed by atoms with Crippen molar-refractivity contribution in [3.05, 3.63) is 70.7 Å². The number of halogens is 1. The van der Waals surface area contributed by atoms with E-state index in [1.165, 1.54) is 6.39 Å². The Bertz CT molecular complexity index is 1240. The molecule has 1 aliphatic heterocycles. The number of aromatic nitrogens is 5. The molecule has 0 saturated heterocycles. The molecule has 1 atom stereocenters. The van der Waals surface area contributed by atoms with Crippen LogP contribution in [0.1, 0.15) is 58.1 Å². The van der Waals surface area contributed by atoms with Gasteiger partial charge in [-0.25, -0.2) is 14.5 Å². The van der Waals surface area contributed by atoms with E-state index in [1.807, 2.05) is 18.2 Å². The third-order valence-corrected chi connectivity index (χ3v) is 5.96. The van der Waals surface area contributed by atoms with Gasteiger partial charge in [0.15, 0.2) is 6.39 Å². The average Bonchev–Trinajstić information content (AvgIpc) is 3.13. The van der Waals surface area contributed by atoms with Crippen LogP contribution in [0.3, 0.4) is 0 Å². The first-order chi connectivity index (χ1) is 14.2. The molecule has 1 amide bonds. The molecular formula is C20H17ClN6O2. The van der Waals surface area contributed by atoms with E-state index >= 15 is 0 Å². The number of nitrogens with zero attached hydrogens (tertiary/aromatic N) is 5. The smallest absolute Gasteiger partial charge is 0.292 e. The van der Waals surface area contributed by atoms with Gasteiger partial charge in [-0.1, -0.05) is 17.7 Å². The minimum absolute atomic E-state index is 0.175. The molecule has 0 radical (unpaired) electrons. The highest BCUT2D eigenvalue weighted by atomic mass is 35.5. The summed E-state index contributed by atoms with van der Waals surface area (Å²) in [5.41, 5.74) is 4.16. The average molecular weight is 409 g/mol. The molecule has 0 aromatic carbocycles. The summed E-state index contributed by atoms with van der Waals surface area (Å²) in [7, 11) is 0. The number of aromatic amines is 1. The van der Waals surface area contributed by atoms with Gasteiger partial charge in [0, 0.05) is 24.6 Å². The normalized spacial score (nSPS) is 18.9. The molecule has 8 nitrogen and oxygen atoms in total. The lowest BCUT2D eigenvalue weighted by atomic mass is 9.99. The Morgan fingerprint density at radius 2 is 2.14 bits per heavy atom. The fraction of sp³-hybridized carbons (Fsp3) is 0.300. The summed E-state index contributed by atoms with van der Waals surface area (Å²) in [5, 5.41) is 5.20. The Labute approximate surface area is 170 Å².